The number of methoxy groups -OCH3 is 2. The first kappa shape index (κ1) is 24.1. The summed E-state index contributed by atoms with van der Waals surface area (Å²) in [6.07, 6.45) is 0.278. The number of carbonyl (C=O) groups excluding carboxylic acids is 2. The molecule has 168 valence electrons. The van der Waals surface area contributed by atoms with Crippen molar-refractivity contribution in [1.82, 2.24) is 10.8 Å². The number of ether oxygens (including phenoxy) is 4. The monoisotopic (exact) mass is 432 g/mol. The molecule has 0 saturated carbocycles. The Labute approximate surface area is 181 Å². The minimum atomic E-state index is -0.536. The SMILES string of the molecule is COCOC[C@H](C[C@H](C)C(=O)NO)NC(=O)c1ccc(Oc2ccc(OC)cc2)cc1. The van der Waals surface area contributed by atoms with Crippen molar-refractivity contribution in [1.29, 1.82) is 0 Å². The zero-order valence-electron chi connectivity index (χ0n) is 17.8. The zero-order chi connectivity index (χ0) is 22.6. The third kappa shape index (κ3) is 7.89. The van der Waals surface area contributed by atoms with E-state index in [9.17, 15) is 9.59 Å². The lowest BCUT2D eigenvalue weighted by atomic mass is 10.0. The van der Waals surface area contributed by atoms with E-state index in [4.69, 9.17) is 24.2 Å². The van der Waals surface area contributed by atoms with Crippen molar-refractivity contribution >= 4 is 11.8 Å². The molecule has 0 aliphatic rings. The summed E-state index contributed by atoms with van der Waals surface area (Å²) >= 11 is 0. The summed E-state index contributed by atoms with van der Waals surface area (Å²) in [7, 11) is 3.08. The van der Waals surface area contributed by atoms with Crippen LogP contribution in [0.2, 0.25) is 0 Å². The molecule has 2 rings (SSSR count). The smallest absolute Gasteiger partial charge is 0.251 e. The molecular weight excluding hydrogens is 404 g/mol. The number of nitrogens with one attached hydrogen (secondary N) is 2. The molecule has 0 aromatic heterocycles. The van der Waals surface area contributed by atoms with E-state index < -0.39 is 17.9 Å². The van der Waals surface area contributed by atoms with Gasteiger partial charge in [0.15, 0.2) is 0 Å². The Morgan fingerprint density at radius 3 is 2.10 bits per heavy atom. The first-order valence-corrected chi connectivity index (χ1v) is 9.70. The largest absolute Gasteiger partial charge is 0.497 e. The van der Waals surface area contributed by atoms with Crippen LogP contribution in [0.15, 0.2) is 48.5 Å². The van der Waals surface area contributed by atoms with Crippen LogP contribution in [-0.4, -0.2) is 50.7 Å². The van der Waals surface area contributed by atoms with Gasteiger partial charge in [0.05, 0.1) is 19.8 Å². The van der Waals surface area contributed by atoms with E-state index in [1.807, 2.05) is 0 Å². The minimum absolute atomic E-state index is 0.0599. The van der Waals surface area contributed by atoms with Crippen molar-refractivity contribution in [2.75, 3.05) is 27.6 Å². The predicted molar refractivity (Wildman–Crippen MR) is 112 cm³/mol. The first-order chi connectivity index (χ1) is 15.0. The normalized spacial score (nSPS) is 12.5. The number of hydrogen-bond acceptors (Lipinski definition) is 7. The number of benzene rings is 2. The fourth-order valence-corrected chi connectivity index (χ4v) is 2.81. The van der Waals surface area contributed by atoms with E-state index >= 15 is 0 Å². The summed E-state index contributed by atoms with van der Waals surface area (Å²) in [4.78, 5) is 24.2. The third-order valence-electron chi connectivity index (χ3n) is 4.46. The van der Waals surface area contributed by atoms with Crippen LogP contribution < -0.4 is 20.3 Å². The average molecular weight is 432 g/mol. The van der Waals surface area contributed by atoms with Gasteiger partial charge in [0.1, 0.15) is 24.0 Å². The maximum atomic E-state index is 12.6. The Kier molecular flexibility index (Phi) is 9.76. The quantitative estimate of drug-likeness (QED) is 0.204. The summed E-state index contributed by atoms with van der Waals surface area (Å²) in [6.45, 7) is 1.86. The number of rotatable bonds is 12. The molecule has 2 atom stereocenters. The van der Waals surface area contributed by atoms with E-state index in [0.29, 0.717) is 17.1 Å². The van der Waals surface area contributed by atoms with Gasteiger partial charge in [0.25, 0.3) is 5.91 Å². The highest BCUT2D eigenvalue weighted by Gasteiger charge is 2.21. The van der Waals surface area contributed by atoms with Gasteiger partial charge in [-0.2, -0.15) is 0 Å². The maximum absolute atomic E-state index is 12.6. The lowest BCUT2D eigenvalue weighted by Gasteiger charge is -2.21. The topological polar surface area (TPSA) is 115 Å². The summed E-state index contributed by atoms with van der Waals surface area (Å²) in [5.74, 6) is 0.569. The summed E-state index contributed by atoms with van der Waals surface area (Å²) in [5, 5.41) is 11.6. The second-order valence-electron chi connectivity index (χ2n) is 6.86. The average Bonchev–Trinajstić information content (AvgIpc) is 2.79. The molecule has 0 fully saturated rings. The van der Waals surface area contributed by atoms with Crippen LogP contribution >= 0.6 is 0 Å². The molecule has 0 radical (unpaired) electrons. The molecule has 3 N–H and O–H groups in total. The molecular formula is C22H28N2O7. The fraction of sp³-hybridized carbons (Fsp3) is 0.364. The van der Waals surface area contributed by atoms with E-state index in [-0.39, 0.29) is 25.7 Å². The molecule has 0 bridgehead atoms. The van der Waals surface area contributed by atoms with Gasteiger partial charge in [-0.15, -0.1) is 0 Å². The van der Waals surface area contributed by atoms with Crippen LogP contribution in [0.5, 0.6) is 17.2 Å². The van der Waals surface area contributed by atoms with Gasteiger partial charge in [-0.05, 0) is 55.0 Å². The standard InChI is InChI=1S/C22H28N2O7/c1-15(21(25)24-27)12-17(13-30-14-28-2)23-22(26)16-4-6-19(7-5-16)31-20-10-8-18(29-3)9-11-20/h4-11,15,17,27H,12-14H2,1-3H3,(H,23,26)(H,24,25)/t15-,17-/m0/s1. The molecule has 9 heteroatoms. The van der Waals surface area contributed by atoms with Crippen LogP contribution in [0.1, 0.15) is 23.7 Å². The fourth-order valence-electron chi connectivity index (χ4n) is 2.81. The molecule has 31 heavy (non-hydrogen) atoms. The van der Waals surface area contributed by atoms with Gasteiger partial charge in [0.2, 0.25) is 5.91 Å². The highest BCUT2D eigenvalue weighted by atomic mass is 16.7. The highest BCUT2D eigenvalue weighted by molar-refractivity contribution is 5.94. The van der Waals surface area contributed by atoms with E-state index in [1.165, 1.54) is 7.11 Å². The summed E-state index contributed by atoms with van der Waals surface area (Å²) in [5.41, 5.74) is 2.05. The molecule has 0 aliphatic carbocycles. The van der Waals surface area contributed by atoms with Crippen molar-refractivity contribution in [2.45, 2.75) is 19.4 Å². The van der Waals surface area contributed by atoms with Crippen LogP contribution in [0.4, 0.5) is 0 Å². The lowest BCUT2D eigenvalue weighted by Crippen LogP contribution is -2.41. The van der Waals surface area contributed by atoms with Crippen molar-refractivity contribution in [3.63, 3.8) is 0 Å². The summed E-state index contributed by atoms with van der Waals surface area (Å²) in [6, 6.07) is 13.4. The van der Waals surface area contributed by atoms with Gasteiger partial charge in [0, 0.05) is 18.6 Å². The molecule has 2 aromatic carbocycles. The number of hydroxylamine groups is 1. The zero-order valence-corrected chi connectivity index (χ0v) is 17.8. The highest BCUT2D eigenvalue weighted by Crippen LogP contribution is 2.24. The number of carbonyl (C=O) groups is 2. The molecule has 0 spiro atoms. The second-order valence-corrected chi connectivity index (χ2v) is 6.86. The van der Waals surface area contributed by atoms with Crippen LogP contribution in [0.3, 0.4) is 0 Å². The number of hydrogen-bond donors (Lipinski definition) is 3. The van der Waals surface area contributed by atoms with E-state index in [1.54, 1.807) is 68.0 Å². The Morgan fingerprint density at radius 1 is 0.968 bits per heavy atom. The van der Waals surface area contributed by atoms with Crippen molar-refractivity contribution in [3.05, 3.63) is 54.1 Å². The molecule has 2 amide bonds. The van der Waals surface area contributed by atoms with E-state index in [0.717, 1.165) is 5.75 Å². The van der Waals surface area contributed by atoms with Gasteiger partial charge in [-0.3, -0.25) is 14.8 Å². The van der Waals surface area contributed by atoms with Crippen molar-refractivity contribution in [2.24, 2.45) is 5.92 Å². The molecule has 0 saturated heterocycles. The van der Waals surface area contributed by atoms with Crippen LogP contribution in [-0.2, 0) is 14.3 Å². The summed E-state index contributed by atoms with van der Waals surface area (Å²) < 4.78 is 21.1. The molecule has 2 aromatic rings. The predicted octanol–water partition coefficient (Wildman–Crippen LogP) is 2.74. The van der Waals surface area contributed by atoms with Gasteiger partial charge in [-0.25, -0.2) is 5.48 Å². The minimum Gasteiger partial charge on any atom is -0.497 e. The molecule has 0 unspecified atom stereocenters. The second kappa shape index (κ2) is 12.5. The lowest BCUT2D eigenvalue weighted by molar-refractivity contribution is -0.133. The molecule has 9 nitrogen and oxygen atoms in total. The van der Waals surface area contributed by atoms with Gasteiger partial charge >= 0.3 is 0 Å². The van der Waals surface area contributed by atoms with E-state index in [2.05, 4.69) is 5.32 Å². The molecule has 0 heterocycles. The van der Waals surface area contributed by atoms with Gasteiger partial charge < -0.3 is 24.3 Å². The Bertz CT molecular complexity index is 825. The Morgan fingerprint density at radius 2 is 1.55 bits per heavy atom. The van der Waals surface area contributed by atoms with Crippen LogP contribution in [0, 0.1) is 5.92 Å². The Balaban J connectivity index is 1.98. The maximum Gasteiger partial charge on any atom is 0.251 e. The van der Waals surface area contributed by atoms with Crippen molar-refractivity contribution in [3.8, 4) is 17.2 Å². The van der Waals surface area contributed by atoms with Crippen molar-refractivity contribution < 1.29 is 33.7 Å². The van der Waals surface area contributed by atoms with Crippen LogP contribution in [0.25, 0.3) is 0 Å². The Hall–Kier alpha value is -3.14. The third-order valence-corrected chi connectivity index (χ3v) is 4.46. The molecule has 0 aliphatic heterocycles. The first-order valence-electron chi connectivity index (χ1n) is 9.70. The van der Waals surface area contributed by atoms with Gasteiger partial charge in [-0.1, -0.05) is 6.92 Å². The number of amides is 2.